The summed E-state index contributed by atoms with van der Waals surface area (Å²) in [7, 11) is 0. The first-order valence-corrected chi connectivity index (χ1v) is 8.17. The summed E-state index contributed by atoms with van der Waals surface area (Å²) >= 11 is 0. The van der Waals surface area contributed by atoms with Crippen molar-refractivity contribution in [3.05, 3.63) is 17.5 Å². The van der Waals surface area contributed by atoms with Crippen LogP contribution in [0.2, 0.25) is 0 Å². The van der Waals surface area contributed by atoms with Gasteiger partial charge in [0.15, 0.2) is 0 Å². The van der Waals surface area contributed by atoms with E-state index in [-0.39, 0.29) is 5.91 Å². The Morgan fingerprint density at radius 1 is 1.38 bits per heavy atom. The number of aromatic nitrogens is 2. The molecular formula is C16H28N4O. The van der Waals surface area contributed by atoms with Crippen molar-refractivity contribution >= 4 is 5.91 Å². The van der Waals surface area contributed by atoms with E-state index in [1.165, 1.54) is 25.9 Å². The second kappa shape index (κ2) is 7.59. The Hall–Kier alpha value is -1.36. The van der Waals surface area contributed by atoms with Crippen LogP contribution in [0.15, 0.2) is 6.07 Å². The molecule has 1 aliphatic rings. The molecule has 2 heterocycles. The number of nitrogens with zero attached hydrogens (tertiary/aromatic N) is 3. The Morgan fingerprint density at radius 3 is 2.71 bits per heavy atom. The molecule has 0 aromatic carbocycles. The maximum Gasteiger partial charge on any atom is 0.269 e. The van der Waals surface area contributed by atoms with Gasteiger partial charge in [-0.1, -0.05) is 13.8 Å². The van der Waals surface area contributed by atoms with E-state index >= 15 is 0 Å². The van der Waals surface area contributed by atoms with E-state index in [9.17, 15) is 4.79 Å². The molecule has 1 saturated heterocycles. The monoisotopic (exact) mass is 292 g/mol. The fourth-order valence-electron chi connectivity index (χ4n) is 2.84. The topological polar surface area (TPSA) is 50.2 Å². The number of amides is 1. The Bertz CT molecular complexity index is 461. The third-order valence-corrected chi connectivity index (χ3v) is 3.89. The molecule has 1 amide bonds. The Kier molecular flexibility index (Phi) is 5.79. The molecule has 1 aromatic heterocycles. The first-order valence-electron chi connectivity index (χ1n) is 8.17. The van der Waals surface area contributed by atoms with Crippen molar-refractivity contribution in [3.63, 3.8) is 0 Å². The van der Waals surface area contributed by atoms with Crippen molar-refractivity contribution in [3.8, 4) is 0 Å². The van der Waals surface area contributed by atoms with Gasteiger partial charge in [-0.3, -0.25) is 9.48 Å². The molecule has 0 unspecified atom stereocenters. The quantitative estimate of drug-likeness (QED) is 0.835. The number of carbonyl (C=O) groups excluding carboxylic acids is 1. The second-order valence-electron chi connectivity index (χ2n) is 6.24. The molecule has 0 atom stereocenters. The van der Waals surface area contributed by atoms with Crippen LogP contribution in [0.4, 0.5) is 0 Å². The average molecular weight is 292 g/mol. The van der Waals surface area contributed by atoms with Crippen LogP contribution in [-0.4, -0.2) is 46.8 Å². The Balaban J connectivity index is 1.89. The molecule has 5 nitrogen and oxygen atoms in total. The minimum atomic E-state index is -0.00134. The van der Waals surface area contributed by atoms with Crippen molar-refractivity contribution in [2.75, 3.05) is 26.2 Å². The molecule has 0 saturated carbocycles. The number of hydrogen-bond acceptors (Lipinski definition) is 3. The van der Waals surface area contributed by atoms with E-state index in [1.807, 2.05) is 17.7 Å². The fourth-order valence-corrected chi connectivity index (χ4v) is 2.84. The predicted molar refractivity (Wildman–Crippen MR) is 84.5 cm³/mol. The standard InChI is InChI=1S/C16H28N4O/c1-4-20-15(12-14(18-20)11-13(2)3)16(21)17-7-10-19-8-5-6-9-19/h12-13H,4-11H2,1-3H3,(H,17,21). The van der Waals surface area contributed by atoms with E-state index in [2.05, 4.69) is 29.2 Å². The molecule has 0 aliphatic carbocycles. The largest absolute Gasteiger partial charge is 0.349 e. The van der Waals surface area contributed by atoms with Crippen LogP contribution >= 0.6 is 0 Å². The van der Waals surface area contributed by atoms with Crippen LogP contribution < -0.4 is 5.32 Å². The van der Waals surface area contributed by atoms with E-state index in [0.29, 0.717) is 18.2 Å². The van der Waals surface area contributed by atoms with Gasteiger partial charge in [0.1, 0.15) is 5.69 Å². The first-order chi connectivity index (χ1) is 10.1. The Morgan fingerprint density at radius 2 is 2.10 bits per heavy atom. The highest BCUT2D eigenvalue weighted by Gasteiger charge is 2.16. The lowest BCUT2D eigenvalue weighted by Gasteiger charge is -2.14. The van der Waals surface area contributed by atoms with E-state index in [0.717, 1.165) is 25.2 Å². The van der Waals surface area contributed by atoms with Crippen LogP contribution in [0.3, 0.4) is 0 Å². The molecule has 0 radical (unpaired) electrons. The van der Waals surface area contributed by atoms with Crippen LogP contribution in [0.5, 0.6) is 0 Å². The third kappa shape index (κ3) is 4.56. The number of hydrogen-bond donors (Lipinski definition) is 1. The van der Waals surface area contributed by atoms with Crippen LogP contribution in [-0.2, 0) is 13.0 Å². The van der Waals surface area contributed by atoms with Crippen LogP contribution in [0.1, 0.15) is 49.8 Å². The lowest BCUT2D eigenvalue weighted by Crippen LogP contribution is -2.34. The summed E-state index contributed by atoms with van der Waals surface area (Å²) in [5.41, 5.74) is 1.70. The second-order valence-corrected chi connectivity index (χ2v) is 6.24. The molecule has 0 bridgehead atoms. The molecule has 1 fully saturated rings. The van der Waals surface area contributed by atoms with Crippen molar-refractivity contribution in [1.82, 2.24) is 20.0 Å². The molecular weight excluding hydrogens is 264 g/mol. The summed E-state index contributed by atoms with van der Waals surface area (Å²) in [6.45, 7) is 11.1. The van der Waals surface area contributed by atoms with Crippen molar-refractivity contribution in [2.45, 2.75) is 46.6 Å². The molecule has 5 heteroatoms. The van der Waals surface area contributed by atoms with Gasteiger partial charge in [0.2, 0.25) is 0 Å². The highest BCUT2D eigenvalue weighted by molar-refractivity contribution is 5.92. The zero-order valence-corrected chi connectivity index (χ0v) is 13.6. The van der Waals surface area contributed by atoms with Gasteiger partial charge in [-0.15, -0.1) is 0 Å². The number of nitrogens with one attached hydrogen (secondary N) is 1. The normalized spacial score (nSPS) is 15.8. The van der Waals surface area contributed by atoms with Gasteiger partial charge in [0.05, 0.1) is 5.69 Å². The number of carbonyl (C=O) groups is 1. The SMILES string of the molecule is CCn1nc(CC(C)C)cc1C(=O)NCCN1CCCC1. The lowest BCUT2D eigenvalue weighted by molar-refractivity contribution is 0.0939. The van der Waals surface area contributed by atoms with Gasteiger partial charge in [-0.25, -0.2) is 0 Å². The van der Waals surface area contributed by atoms with Gasteiger partial charge in [0, 0.05) is 19.6 Å². The summed E-state index contributed by atoms with van der Waals surface area (Å²) in [6, 6.07) is 1.94. The van der Waals surface area contributed by atoms with E-state index in [4.69, 9.17) is 0 Å². The zero-order chi connectivity index (χ0) is 15.2. The maximum absolute atomic E-state index is 12.3. The minimum Gasteiger partial charge on any atom is -0.349 e. The number of likely N-dealkylation sites (tertiary alicyclic amines) is 1. The summed E-state index contributed by atoms with van der Waals surface area (Å²) in [6.07, 6.45) is 3.49. The summed E-state index contributed by atoms with van der Waals surface area (Å²) < 4.78 is 1.81. The summed E-state index contributed by atoms with van der Waals surface area (Å²) in [5.74, 6) is 0.551. The fraction of sp³-hybridized carbons (Fsp3) is 0.750. The van der Waals surface area contributed by atoms with Crippen LogP contribution in [0, 0.1) is 5.92 Å². The number of aryl methyl sites for hydroxylation is 1. The van der Waals surface area contributed by atoms with Crippen LogP contribution in [0.25, 0.3) is 0 Å². The van der Waals surface area contributed by atoms with Gasteiger partial charge < -0.3 is 10.2 Å². The average Bonchev–Trinajstić information content (AvgIpc) is 3.07. The van der Waals surface area contributed by atoms with Gasteiger partial charge in [-0.2, -0.15) is 5.10 Å². The van der Waals surface area contributed by atoms with Crippen molar-refractivity contribution < 1.29 is 4.79 Å². The zero-order valence-electron chi connectivity index (χ0n) is 13.6. The molecule has 1 N–H and O–H groups in total. The smallest absolute Gasteiger partial charge is 0.269 e. The van der Waals surface area contributed by atoms with Crippen molar-refractivity contribution in [1.29, 1.82) is 0 Å². The molecule has 1 aromatic rings. The summed E-state index contributed by atoms with van der Waals surface area (Å²) in [4.78, 5) is 14.7. The minimum absolute atomic E-state index is 0.00134. The van der Waals surface area contributed by atoms with Gasteiger partial charge in [0.25, 0.3) is 5.91 Å². The summed E-state index contributed by atoms with van der Waals surface area (Å²) in [5, 5.41) is 7.55. The van der Waals surface area contributed by atoms with E-state index < -0.39 is 0 Å². The Labute approximate surface area is 127 Å². The molecule has 2 rings (SSSR count). The van der Waals surface area contributed by atoms with E-state index in [1.54, 1.807) is 0 Å². The molecule has 0 spiro atoms. The molecule has 21 heavy (non-hydrogen) atoms. The van der Waals surface area contributed by atoms with Crippen molar-refractivity contribution in [2.24, 2.45) is 5.92 Å². The molecule has 118 valence electrons. The predicted octanol–water partition coefficient (Wildman–Crippen LogP) is 1.93. The first kappa shape index (κ1) is 16.0. The molecule has 1 aliphatic heterocycles. The van der Waals surface area contributed by atoms with Gasteiger partial charge in [-0.05, 0) is 51.3 Å². The maximum atomic E-state index is 12.3. The number of rotatable bonds is 7. The third-order valence-electron chi connectivity index (χ3n) is 3.89. The highest BCUT2D eigenvalue weighted by atomic mass is 16.2. The lowest BCUT2D eigenvalue weighted by atomic mass is 10.1. The highest BCUT2D eigenvalue weighted by Crippen LogP contribution is 2.10. The van der Waals surface area contributed by atoms with Gasteiger partial charge >= 0.3 is 0 Å².